The van der Waals surface area contributed by atoms with Gasteiger partial charge in [-0.25, -0.2) is 0 Å². The lowest BCUT2D eigenvalue weighted by molar-refractivity contribution is -0.988. The van der Waals surface area contributed by atoms with Gasteiger partial charge in [-0.3, -0.25) is 0 Å². The summed E-state index contributed by atoms with van der Waals surface area (Å²) >= 11 is 0. The number of nitrogens with zero attached hydrogens (tertiary/aromatic N) is 3. The summed E-state index contributed by atoms with van der Waals surface area (Å²) in [6.07, 6.45) is 6.57. The van der Waals surface area contributed by atoms with Crippen molar-refractivity contribution >= 4 is 0 Å². The summed E-state index contributed by atoms with van der Waals surface area (Å²) < 4.78 is 14.1. The largest absolute Gasteiger partial charge is 0.455 e. The zero-order chi connectivity index (χ0) is 28.1. The van der Waals surface area contributed by atoms with Crippen LogP contribution in [0.15, 0.2) is 152 Å². The first-order valence-corrected chi connectivity index (χ1v) is 14.7. The van der Waals surface area contributed by atoms with E-state index in [9.17, 15) is 0 Å². The van der Waals surface area contributed by atoms with Gasteiger partial charge < -0.3 is 4.74 Å². The summed E-state index contributed by atoms with van der Waals surface area (Å²) in [5.74, 6) is 1.81. The quantitative estimate of drug-likeness (QED) is 0.206. The van der Waals surface area contributed by atoms with Gasteiger partial charge >= 0.3 is 5.66 Å². The third-order valence-electron chi connectivity index (χ3n) is 9.31. The van der Waals surface area contributed by atoms with Crippen molar-refractivity contribution in [2.75, 3.05) is 0 Å². The zero-order valence-electron chi connectivity index (χ0n) is 23.2. The first-order valence-electron chi connectivity index (χ1n) is 14.7. The molecule has 200 valence electrons. The molecule has 5 heterocycles. The second kappa shape index (κ2) is 8.17. The van der Waals surface area contributed by atoms with Crippen LogP contribution in [0, 0.1) is 0 Å². The Bertz CT molecular complexity index is 2250. The number of ether oxygens (including phenoxy) is 1. The Kier molecular flexibility index (Phi) is 4.35. The maximum Gasteiger partial charge on any atom is 0.447 e. The fourth-order valence-corrected chi connectivity index (χ4v) is 7.60. The van der Waals surface area contributed by atoms with E-state index in [2.05, 4.69) is 166 Å². The summed E-state index contributed by atoms with van der Waals surface area (Å²) in [6, 6.07) is 47.6. The Balaban J connectivity index is 1.34. The van der Waals surface area contributed by atoms with Gasteiger partial charge in [0.2, 0.25) is 11.9 Å². The fourth-order valence-electron chi connectivity index (χ4n) is 7.60. The lowest BCUT2D eigenvalue weighted by atomic mass is 9.81. The van der Waals surface area contributed by atoms with Gasteiger partial charge in [0.1, 0.15) is 11.4 Å². The number of hydrogen-bond donors (Lipinski definition) is 0. The number of pyridine rings is 1. The molecule has 0 radical (unpaired) electrons. The number of benzene rings is 5. The van der Waals surface area contributed by atoms with Crippen molar-refractivity contribution < 1.29 is 14.0 Å². The normalized spacial score (nSPS) is 16.2. The van der Waals surface area contributed by atoms with Crippen molar-refractivity contribution in [3.8, 4) is 61.8 Å². The molecule has 0 aliphatic carbocycles. The van der Waals surface area contributed by atoms with E-state index in [1.165, 1.54) is 44.6 Å². The third-order valence-corrected chi connectivity index (χ3v) is 9.31. The minimum atomic E-state index is -0.613. The van der Waals surface area contributed by atoms with Crippen molar-refractivity contribution in [1.82, 2.24) is 4.68 Å². The lowest BCUT2D eigenvalue weighted by Crippen LogP contribution is -2.73. The molecular formula is C39H25N3O+2. The SMILES string of the molecule is c1ccc(-c2ccc(-c3cc(-c4ccccc4)c4c5c3Oc3cccc6c3C5([n+]3ccccc3-4)[n+]3cccn3-6)cc2)cc1. The maximum atomic E-state index is 7.04. The summed E-state index contributed by atoms with van der Waals surface area (Å²) in [6.45, 7) is 0. The molecule has 43 heavy (non-hydrogen) atoms. The summed E-state index contributed by atoms with van der Waals surface area (Å²) in [7, 11) is 0. The fraction of sp³-hybridized carbons (Fsp3) is 0.0256. The Morgan fingerprint density at radius 3 is 2.07 bits per heavy atom. The molecule has 0 amide bonds. The van der Waals surface area contributed by atoms with Crippen molar-refractivity contribution in [3.05, 3.63) is 163 Å². The molecule has 1 spiro atoms. The van der Waals surface area contributed by atoms with E-state index in [-0.39, 0.29) is 0 Å². The highest BCUT2D eigenvalue weighted by molar-refractivity contribution is 5.94. The monoisotopic (exact) mass is 551 g/mol. The van der Waals surface area contributed by atoms with E-state index < -0.39 is 5.66 Å². The van der Waals surface area contributed by atoms with Gasteiger partial charge in [-0.15, -0.1) is 9.25 Å². The topological polar surface area (TPSA) is 21.9 Å². The Labute approximate surface area is 248 Å². The van der Waals surface area contributed by atoms with Gasteiger partial charge in [0.15, 0.2) is 23.1 Å². The predicted molar refractivity (Wildman–Crippen MR) is 166 cm³/mol. The molecule has 4 nitrogen and oxygen atoms in total. The van der Waals surface area contributed by atoms with Crippen LogP contribution in [0.25, 0.3) is 50.3 Å². The minimum absolute atomic E-state index is 0.613. The molecule has 0 saturated heterocycles. The van der Waals surface area contributed by atoms with E-state index in [1.54, 1.807) is 0 Å². The third kappa shape index (κ3) is 2.80. The van der Waals surface area contributed by atoms with Crippen LogP contribution in [0.2, 0.25) is 0 Å². The summed E-state index contributed by atoms with van der Waals surface area (Å²) in [5, 5.41) is 0. The van der Waals surface area contributed by atoms with Crippen molar-refractivity contribution in [2.45, 2.75) is 5.66 Å². The van der Waals surface area contributed by atoms with E-state index in [0.717, 1.165) is 28.3 Å². The van der Waals surface area contributed by atoms with Crippen LogP contribution < -0.4 is 14.0 Å². The second-order valence-electron chi connectivity index (χ2n) is 11.4. The molecule has 0 saturated carbocycles. The minimum Gasteiger partial charge on any atom is -0.455 e. The van der Waals surface area contributed by atoms with Crippen molar-refractivity contribution in [1.29, 1.82) is 0 Å². The lowest BCUT2D eigenvalue weighted by Gasteiger charge is -2.26. The molecule has 1 atom stereocenters. The van der Waals surface area contributed by atoms with E-state index >= 15 is 0 Å². The molecule has 2 aromatic heterocycles. The standard InChI is InChI=1S/C39H25N3O/c1-3-11-26(12-4-1)27-18-20-29(21-19-27)31-25-30(28-13-5-2-6-14-28)35-32-15-7-8-22-40(32)39-36-33(41-23-10-24-42(39)41)16-9-17-34(36)43-38(31)37(35)39/h1-25H/q+2. The van der Waals surface area contributed by atoms with Gasteiger partial charge in [0, 0.05) is 23.8 Å². The van der Waals surface area contributed by atoms with Gasteiger partial charge in [0.05, 0.1) is 11.8 Å². The average Bonchev–Trinajstić information content (AvgIpc) is 3.76. The van der Waals surface area contributed by atoms with Crippen molar-refractivity contribution in [2.24, 2.45) is 0 Å². The highest BCUT2D eigenvalue weighted by atomic mass is 16.5. The molecule has 0 bridgehead atoms. The molecule has 3 aliphatic heterocycles. The highest BCUT2D eigenvalue weighted by Crippen LogP contribution is 2.59. The molecule has 4 heteroatoms. The van der Waals surface area contributed by atoms with E-state index in [4.69, 9.17) is 4.74 Å². The van der Waals surface area contributed by atoms with E-state index in [0.29, 0.717) is 0 Å². The van der Waals surface area contributed by atoms with Crippen LogP contribution in [0.4, 0.5) is 0 Å². The molecule has 3 aliphatic rings. The zero-order valence-corrected chi connectivity index (χ0v) is 23.2. The summed E-state index contributed by atoms with van der Waals surface area (Å²) in [5.41, 5.74) is 12.3. The number of rotatable bonds is 3. The van der Waals surface area contributed by atoms with Gasteiger partial charge in [0.25, 0.3) is 0 Å². The van der Waals surface area contributed by atoms with Crippen LogP contribution >= 0.6 is 0 Å². The molecule has 7 aromatic rings. The van der Waals surface area contributed by atoms with Crippen LogP contribution in [-0.2, 0) is 5.66 Å². The predicted octanol–water partition coefficient (Wildman–Crippen LogP) is 7.75. The Morgan fingerprint density at radius 2 is 1.26 bits per heavy atom. The number of hydrogen-bond acceptors (Lipinski definition) is 1. The Morgan fingerprint density at radius 1 is 0.558 bits per heavy atom. The molecule has 10 rings (SSSR count). The van der Waals surface area contributed by atoms with Crippen LogP contribution in [0.3, 0.4) is 0 Å². The van der Waals surface area contributed by atoms with Crippen LogP contribution in [0.5, 0.6) is 11.5 Å². The number of aromatic nitrogens is 3. The summed E-state index contributed by atoms with van der Waals surface area (Å²) in [4.78, 5) is 0. The maximum absolute atomic E-state index is 7.04. The molecule has 1 unspecified atom stereocenters. The highest BCUT2D eigenvalue weighted by Gasteiger charge is 2.72. The van der Waals surface area contributed by atoms with Crippen molar-refractivity contribution in [3.63, 3.8) is 0 Å². The first kappa shape index (κ1) is 22.9. The van der Waals surface area contributed by atoms with Crippen LogP contribution in [0.1, 0.15) is 11.1 Å². The Hall–Kier alpha value is -5.74. The van der Waals surface area contributed by atoms with Crippen LogP contribution in [-0.4, -0.2) is 4.68 Å². The second-order valence-corrected chi connectivity index (χ2v) is 11.4. The number of fused-ring (bicyclic) bond motifs is 4. The molecular weight excluding hydrogens is 526 g/mol. The van der Waals surface area contributed by atoms with Gasteiger partial charge in [-0.05, 0) is 56.8 Å². The van der Waals surface area contributed by atoms with Gasteiger partial charge in [-0.2, -0.15) is 0 Å². The smallest absolute Gasteiger partial charge is 0.447 e. The molecule has 0 fully saturated rings. The van der Waals surface area contributed by atoms with E-state index in [1.807, 2.05) is 0 Å². The average molecular weight is 552 g/mol. The first-order chi connectivity index (χ1) is 21.3. The van der Waals surface area contributed by atoms with Gasteiger partial charge in [-0.1, -0.05) is 91.0 Å². The molecule has 0 N–H and O–H groups in total. The molecule has 5 aromatic carbocycles.